The minimum absolute atomic E-state index is 0.337. The summed E-state index contributed by atoms with van der Waals surface area (Å²) in [6.07, 6.45) is 1.77. The molecule has 0 aliphatic rings. The molecule has 0 aromatic carbocycles. The van der Waals surface area contributed by atoms with Crippen LogP contribution in [0.25, 0.3) is 0 Å². The van der Waals surface area contributed by atoms with Crippen molar-refractivity contribution in [1.82, 2.24) is 5.32 Å². The van der Waals surface area contributed by atoms with Crippen molar-refractivity contribution in [2.24, 2.45) is 0 Å². The van der Waals surface area contributed by atoms with Gasteiger partial charge in [-0.2, -0.15) is 0 Å². The van der Waals surface area contributed by atoms with Crippen molar-refractivity contribution in [3.8, 4) is 0 Å². The second-order valence-electron chi connectivity index (χ2n) is 3.58. The topological polar surface area (TPSA) is 75.6 Å². The van der Waals surface area contributed by atoms with E-state index in [1.54, 1.807) is 0 Å². The molecule has 0 fully saturated rings. The molecule has 0 heterocycles. The predicted octanol–water partition coefficient (Wildman–Crippen LogP) is 0.558. The Balaban J connectivity index is 3.95. The van der Waals surface area contributed by atoms with Gasteiger partial charge in [-0.05, 0) is 20.8 Å². The Morgan fingerprint density at radius 3 is 2.47 bits per heavy atom. The number of carboxylic acid groups (broad SMARTS) is 1. The van der Waals surface area contributed by atoms with Gasteiger partial charge >= 0.3 is 5.97 Å². The Labute approximate surface area is 89.1 Å². The molecule has 1 amide bonds. The molecule has 0 unspecified atom stereocenters. The minimum Gasteiger partial charge on any atom is -0.478 e. The van der Waals surface area contributed by atoms with Gasteiger partial charge in [-0.1, -0.05) is 0 Å². The maximum absolute atomic E-state index is 11.1. The summed E-state index contributed by atoms with van der Waals surface area (Å²) in [6, 6.07) is 0. The van der Waals surface area contributed by atoms with E-state index in [1.807, 2.05) is 20.8 Å². The Morgan fingerprint density at radius 1 is 1.40 bits per heavy atom. The quantitative estimate of drug-likeness (QED) is 0.635. The predicted molar refractivity (Wildman–Crippen MR) is 55.5 cm³/mol. The van der Waals surface area contributed by atoms with Crippen molar-refractivity contribution >= 4 is 11.9 Å². The fourth-order valence-corrected chi connectivity index (χ4v) is 0.948. The summed E-state index contributed by atoms with van der Waals surface area (Å²) in [6.45, 7) is 6.46. The molecule has 15 heavy (non-hydrogen) atoms. The Kier molecular flexibility index (Phi) is 5.62. The van der Waals surface area contributed by atoms with E-state index < -0.39 is 17.5 Å². The first-order chi connectivity index (χ1) is 6.87. The second kappa shape index (κ2) is 6.19. The number of nitrogens with one attached hydrogen (secondary N) is 1. The average molecular weight is 215 g/mol. The largest absolute Gasteiger partial charge is 0.478 e. The van der Waals surface area contributed by atoms with Crippen LogP contribution in [0.1, 0.15) is 20.8 Å². The number of carbonyl (C=O) groups excluding carboxylic acids is 1. The van der Waals surface area contributed by atoms with Crippen molar-refractivity contribution < 1.29 is 19.4 Å². The summed E-state index contributed by atoms with van der Waals surface area (Å²) < 4.78 is 5.35. The van der Waals surface area contributed by atoms with Crippen LogP contribution in [0.4, 0.5) is 0 Å². The molecule has 5 heteroatoms. The van der Waals surface area contributed by atoms with E-state index in [0.717, 1.165) is 12.2 Å². The molecular formula is C10H17NO4. The van der Waals surface area contributed by atoms with Crippen molar-refractivity contribution in [1.29, 1.82) is 0 Å². The zero-order valence-electron chi connectivity index (χ0n) is 9.24. The highest BCUT2D eigenvalue weighted by atomic mass is 16.5. The van der Waals surface area contributed by atoms with Crippen molar-refractivity contribution in [2.75, 3.05) is 13.2 Å². The summed E-state index contributed by atoms with van der Waals surface area (Å²) in [5, 5.41) is 10.8. The SMILES string of the molecule is CCOC(C)(C)CNC(=O)/C=C/C(=O)O. The maximum atomic E-state index is 11.1. The van der Waals surface area contributed by atoms with Crippen LogP contribution in [0.3, 0.4) is 0 Å². The smallest absolute Gasteiger partial charge is 0.328 e. The van der Waals surface area contributed by atoms with Crippen molar-refractivity contribution in [2.45, 2.75) is 26.4 Å². The third kappa shape index (κ3) is 7.69. The second-order valence-corrected chi connectivity index (χ2v) is 3.58. The summed E-state index contributed by atoms with van der Waals surface area (Å²) >= 11 is 0. The van der Waals surface area contributed by atoms with Gasteiger partial charge in [0.05, 0.1) is 5.60 Å². The zero-order valence-corrected chi connectivity index (χ0v) is 9.24. The lowest BCUT2D eigenvalue weighted by Gasteiger charge is -2.24. The van der Waals surface area contributed by atoms with E-state index in [9.17, 15) is 9.59 Å². The lowest BCUT2D eigenvalue weighted by atomic mass is 10.1. The van der Waals surface area contributed by atoms with Gasteiger partial charge in [0.2, 0.25) is 5.91 Å². The Morgan fingerprint density at radius 2 is 2.00 bits per heavy atom. The van der Waals surface area contributed by atoms with E-state index in [2.05, 4.69) is 5.32 Å². The number of carbonyl (C=O) groups is 2. The van der Waals surface area contributed by atoms with Gasteiger partial charge in [0, 0.05) is 25.3 Å². The highest BCUT2D eigenvalue weighted by Crippen LogP contribution is 2.06. The van der Waals surface area contributed by atoms with Crippen LogP contribution >= 0.6 is 0 Å². The van der Waals surface area contributed by atoms with Gasteiger partial charge < -0.3 is 15.2 Å². The Hall–Kier alpha value is -1.36. The molecular weight excluding hydrogens is 198 g/mol. The number of ether oxygens (including phenoxy) is 1. The van der Waals surface area contributed by atoms with E-state index >= 15 is 0 Å². The van der Waals surface area contributed by atoms with E-state index in [0.29, 0.717) is 13.2 Å². The molecule has 0 saturated heterocycles. The molecule has 86 valence electrons. The molecule has 5 nitrogen and oxygen atoms in total. The van der Waals surface area contributed by atoms with Crippen LogP contribution < -0.4 is 5.32 Å². The minimum atomic E-state index is -1.14. The molecule has 0 atom stereocenters. The number of hydrogen-bond acceptors (Lipinski definition) is 3. The first-order valence-electron chi connectivity index (χ1n) is 4.70. The number of hydrogen-bond donors (Lipinski definition) is 2. The summed E-state index contributed by atoms with van der Waals surface area (Å²) in [7, 11) is 0. The number of rotatable bonds is 6. The van der Waals surface area contributed by atoms with Crippen LogP contribution in [-0.2, 0) is 14.3 Å². The molecule has 0 saturated carbocycles. The molecule has 0 bridgehead atoms. The van der Waals surface area contributed by atoms with Gasteiger partial charge in [0.1, 0.15) is 0 Å². The van der Waals surface area contributed by atoms with Crippen LogP contribution in [0.2, 0.25) is 0 Å². The fourth-order valence-electron chi connectivity index (χ4n) is 0.948. The number of carboxylic acids is 1. The van der Waals surface area contributed by atoms with Crippen molar-refractivity contribution in [3.63, 3.8) is 0 Å². The summed E-state index contributed by atoms with van der Waals surface area (Å²) in [5.41, 5.74) is -0.443. The van der Waals surface area contributed by atoms with Gasteiger partial charge in [-0.3, -0.25) is 4.79 Å². The lowest BCUT2D eigenvalue weighted by molar-refractivity contribution is -0.131. The van der Waals surface area contributed by atoms with E-state index in [1.165, 1.54) is 0 Å². The molecule has 0 rings (SSSR count). The van der Waals surface area contributed by atoms with Crippen LogP contribution in [0.15, 0.2) is 12.2 Å². The molecule has 0 aliphatic carbocycles. The first-order valence-corrected chi connectivity index (χ1v) is 4.70. The van der Waals surface area contributed by atoms with E-state index in [4.69, 9.17) is 9.84 Å². The summed E-state index contributed by atoms with van der Waals surface area (Å²) in [5.74, 6) is -1.58. The van der Waals surface area contributed by atoms with Crippen LogP contribution in [0, 0.1) is 0 Å². The molecule has 0 radical (unpaired) electrons. The lowest BCUT2D eigenvalue weighted by Crippen LogP contribution is -2.39. The monoisotopic (exact) mass is 215 g/mol. The zero-order chi connectivity index (χ0) is 11.9. The number of aliphatic carboxylic acids is 1. The van der Waals surface area contributed by atoms with Gasteiger partial charge in [0.15, 0.2) is 0 Å². The summed E-state index contributed by atoms with van der Waals surface area (Å²) in [4.78, 5) is 21.2. The molecule has 0 spiro atoms. The normalized spacial score (nSPS) is 11.7. The third-order valence-electron chi connectivity index (χ3n) is 1.60. The third-order valence-corrected chi connectivity index (χ3v) is 1.60. The van der Waals surface area contributed by atoms with Crippen molar-refractivity contribution in [3.05, 3.63) is 12.2 Å². The van der Waals surface area contributed by atoms with Crippen LogP contribution in [0.5, 0.6) is 0 Å². The molecule has 0 aliphatic heterocycles. The molecule has 0 aromatic rings. The van der Waals surface area contributed by atoms with Gasteiger partial charge in [0.25, 0.3) is 0 Å². The average Bonchev–Trinajstić information content (AvgIpc) is 2.11. The highest BCUT2D eigenvalue weighted by Gasteiger charge is 2.17. The molecule has 2 N–H and O–H groups in total. The Bertz CT molecular complexity index is 258. The fraction of sp³-hybridized carbons (Fsp3) is 0.600. The number of amides is 1. The highest BCUT2D eigenvalue weighted by molar-refractivity contribution is 5.93. The van der Waals surface area contributed by atoms with Gasteiger partial charge in [-0.15, -0.1) is 0 Å². The maximum Gasteiger partial charge on any atom is 0.328 e. The molecule has 0 aromatic heterocycles. The van der Waals surface area contributed by atoms with Gasteiger partial charge in [-0.25, -0.2) is 4.79 Å². The van der Waals surface area contributed by atoms with E-state index in [-0.39, 0.29) is 0 Å². The first kappa shape index (κ1) is 13.6. The standard InChI is InChI=1S/C10H17NO4/c1-4-15-10(2,3)7-11-8(12)5-6-9(13)14/h5-6H,4,7H2,1-3H3,(H,11,12)(H,13,14)/b6-5+. The van der Waals surface area contributed by atoms with Crippen LogP contribution in [-0.4, -0.2) is 35.7 Å².